The Morgan fingerprint density at radius 2 is 1.79 bits per heavy atom. The second-order valence-corrected chi connectivity index (χ2v) is 9.09. The fourth-order valence-electron chi connectivity index (χ4n) is 3.98. The molecule has 0 aliphatic carbocycles. The van der Waals surface area contributed by atoms with Crippen LogP contribution < -0.4 is 0 Å². The van der Waals surface area contributed by atoms with Crippen molar-refractivity contribution in [3.63, 3.8) is 0 Å². The van der Waals surface area contributed by atoms with Gasteiger partial charge in [0, 0.05) is 59.4 Å². The summed E-state index contributed by atoms with van der Waals surface area (Å²) in [5.74, 6) is -1.98. The summed E-state index contributed by atoms with van der Waals surface area (Å²) < 4.78 is 27.1. The van der Waals surface area contributed by atoms with Crippen LogP contribution in [0.5, 0.6) is 0 Å². The second kappa shape index (κ2) is 8.33. The molecule has 164 valence electrons. The van der Waals surface area contributed by atoms with Gasteiger partial charge in [0.05, 0.1) is 5.56 Å². The minimum Gasteiger partial charge on any atom is -0.337 e. The number of hydrogen-bond donors (Lipinski definition) is 0. The van der Waals surface area contributed by atoms with Crippen LogP contribution in [0.3, 0.4) is 0 Å². The molecule has 5 rings (SSSR count). The zero-order chi connectivity index (χ0) is 23.1. The zero-order valence-electron chi connectivity index (χ0n) is 17.6. The molecule has 7 heteroatoms. The van der Waals surface area contributed by atoms with Gasteiger partial charge in [-0.3, -0.25) is 14.6 Å². The molecule has 2 aromatic carbocycles. The van der Waals surface area contributed by atoms with Gasteiger partial charge in [-0.25, -0.2) is 8.78 Å². The van der Waals surface area contributed by atoms with Gasteiger partial charge in [-0.1, -0.05) is 6.07 Å². The first-order valence-electron chi connectivity index (χ1n) is 10.3. The van der Waals surface area contributed by atoms with Crippen LogP contribution in [-0.4, -0.2) is 28.6 Å². The molecule has 1 aliphatic heterocycles. The average Bonchev–Trinajstić information content (AvgIpc) is 3.39. The number of thiophene rings is 1. The number of rotatable bonds is 5. The number of nitrogens with zero attached hydrogens (tertiary/aromatic N) is 2. The molecule has 0 unspecified atom stereocenters. The zero-order valence-corrected chi connectivity index (χ0v) is 18.5. The van der Waals surface area contributed by atoms with Crippen molar-refractivity contribution in [2.45, 2.75) is 13.0 Å². The Labute approximate surface area is 193 Å². The summed E-state index contributed by atoms with van der Waals surface area (Å²) in [6.07, 6.45) is 3.26. The Kier molecular flexibility index (Phi) is 5.34. The molecule has 2 aromatic heterocycles. The van der Waals surface area contributed by atoms with E-state index in [1.165, 1.54) is 0 Å². The highest BCUT2D eigenvalue weighted by molar-refractivity contribution is 7.18. The van der Waals surface area contributed by atoms with Gasteiger partial charge in [-0.05, 0) is 59.2 Å². The standard InChI is InChI=1S/C26H18F2N2O2S/c1-30-14-18-10-16(2-4-20(18)26(30)32)24-6-7-25(33-24)17-8-15(12-29-13-17)9-23(31)21-5-3-19(27)11-22(21)28/h2-8,10-13H,9,14H2,1H3. The molecule has 0 fully saturated rings. The molecule has 0 radical (unpaired) electrons. The molecule has 1 aliphatic rings. The average molecular weight is 461 g/mol. The molecule has 0 bridgehead atoms. The molecule has 33 heavy (non-hydrogen) atoms. The van der Waals surface area contributed by atoms with Gasteiger partial charge in [0.2, 0.25) is 0 Å². The first kappa shape index (κ1) is 21.2. The van der Waals surface area contributed by atoms with E-state index in [1.54, 1.807) is 35.7 Å². The van der Waals surface area contributed by atoms with Crippen molar-refractivity contribution < 1.29 is 18.4 Å². The van der Waals surface area contributed by atoms with Crippen molar-refractivity contribution in [2.24, 2.45) is 0 Å². The topological polar surface area (TPSA) is 50.3 Å². The number of benzene rings is 2. The molecule has 3 heterocycles. The first-order valence-corrected chi connectivity index (χ1v) is 11.1. The van der Waals surface area contributed by atoms with Gasteiger partial charge in [-0.2, -0.15) is 0 Å². The summed E-state index contributed by atoms with van der Waals surface area (Å²) in [5.41, 5.74) is 4.17. The Hall–Kier alpha value is -3.71. The predicted molar refractivity (Wildman–Crippen MR) is 123 cm³/mol. The fourth-order valence-corrected chi connectivity index (χ4v) is 4.97. The third-order valence-corrected chi connectivity index (χ3v) is 6.84. The number of amides is 1. The lowest BCUT2D eigenvalue weighted by atomic mass is 10.0. The van der Waals surface area contributed by atoms with E-state index in [2.05, 4.69) is 11.1 Å². The summed E-state index contributed by atoms with van der Waals surface area (Å²) in [5, 5.41) is 0. The number of carbonyl (C=O) groups is 2. The number of Topliss-reactive ketones (excluding diaryl/α,β-unsaturated/α-hetero) is 1. The summed E-state index contributed by atoms with van der Waals surface area (Å²) in [6, 6.07) is 14.7. The molecule has 0 saturated heterocycles. The van der Waals surface area contributed by atoms with Crippen molar-refractivity contribution in [1.82, 2.24) is 9.88 Å². The van der Waals surface area contributed by atoms with Crippen LogP contribution in [0, 0.1) is 11.6 Å². The number of halogens is 2. The summed E-state index contributed by atoms with van der Waals surface area (Å²) in [6.45, 7) is 0.606. The lowest BCUT2D eigenvalue weighted by Crippen LogP contribution is -2.17. The lowest BCUT2D eigenvalue weighted by molar-refractivity contribution is 0.0816. The van der Waals surface area contributed by atoms with Crippen molar-refractivity contribution in [1.29, 1.82) is 0 Å². The van der Waals surface area contributed by atoms with Crippen LogP contribution in [0.2, 0.25) is 0 Å². The van der Waals surface area contributed by atoms with Crippen LogP contribution >= 0.6 is 11.3 Å². The minimum absolute atomic E-state index is 0.0337. The monoisotopic (exact) mass is 460 g/mol. The molecule has 0 atom stereocenters. The largest absolute Gasteiger partial charge is 0.337 e. The van der Waals surface area contributed by atoms with Gasteiger partial charge >= 0.3 is 0 Å². The maximum atomic E-state index is 13.9. The molecular formula is C26H18F2N2O2S. The Balaban J connectivity index is 1.38. The number of pyridine rings is 1. The Morgan fingerprint density at radius 3 is 2.58 bits per heavy atom. The number of aromatic nitrogens is 1. The van der Waals surface area contributed by atoms with E-state index in [-0.39, 0.29) is 17.9 Å². The van der Waals surface area contributed by atoms with E-state index in [0.29, 0.717) is 18.2 Å². The SMILES string of the molecule is CN1Cc2cc(-c3ccc(-c4cncc(CC(=O)c5ccc(F)cc5F)c4)s3)ccc2C1=O. The van der Waals surface area contributed by atoms with Crippen LogP contribution in [0.25, 0.3) is 20.9 Å². The van der Waals surface area contributed by atoms with Crippen molar-refractivity contribution in [3.05, 3.63) is 101 Å². The van der Waals surface area contributed by atoms with Crippen molar-refractivity contribution in [3.8, 4) is 20.9 Å². The highest BCUT2D eigenvalue weighted by Gasteiger charge is 2.24. The lowest BCUT2D eigenvalue weighted by Gasteiger charge is -2.05. The molecule has 0 saturated carbocycles. The van der Waals surface area contributed by atoms with Crippen LogP contribution in [-0.2, 0) is 13.0 Å². The third kappa shape index (κ3) is 4.07. The quantitative estimate of drug-likeness (QED) is 0.356. The van der Waals surface area contributed by atoms with Crippen molar-refractivity contribution in [2.75, 3.05) is 7.05 Å². The number of fused-ring (bicyclic) bond motifs is 1. The summed E-state index contributed by atoms with van der Waals surface area (Å²) in [7, 11) is 1.79. The smallest absolute Gasteiger partial charge is 0.254 e. The predicted octanol–water partition coefficient (Wildman–Crippen LogP) is 5.77. The van der Waals surface area contributed by atoms with Crippen molar-refractivity contribution >= 4 is 23.0 Å². The van der Waals surface area contributed by atoms with Gasteiger partial charge in [-0.15, -0.1) is 11.3 Å². The fraction of sp³-hybridized carbons (Fsp3) is 0.115. The van der Waals surface area contributed by atoms with E-state index in [9.17, 15) is 18.4 Å². The molecule has 0 spiro atoms. The number of ketones is 1. The maximum Gasteiger partial charge on any atom is 0.254 e. The Bertz CT molecular complexity index is 1410. The summed E-state index contributed by atoms with van der Waals surface area (Å²) in [4.78, 5) is 32.6. The van der Waals surface area contributed by atoms with E-state index in [0.717, 1.165) is 44.1 Å². The second-order valence-electron chi connectivity index (χ2n) is 8.00. The Morgan fingerprint density at radius 1 is 1.00 bits per heavy atom. The number of hydrogen-bond acceptors (Lipinski definition) is 4. The third-order valence-electron chi connectivity index (χ3n) is 5.66. The normalized spacial score (nSPS) is 12.8. The van der Waals surface area contributed by atoms with Gasteiger partial charge in [0.1, 0.15) is 11.6 Å². The van der Waals surface area contributed by atoms with E-state index in [4.69, 9.17) is 0 Å². The molecule has 4 nitrogen and oxygen atoms in total. The molecule has 4 aromatic rings. The molecule has 0 N–H and O–H groups in total. The van der Waals surface area contributed by atoms with Crippen LogP contribution in [0.4, 0.5) is 8.78 Å². The highest BCUT2D eigenvalue weighted by atomic mass is 32.1. The number of carbonyl (C=O) groups excluding carboxylic acids is 2. The highest BCUT2D eigenvalue weighted by Crippen LogP contribution is 2.36. The van der Waals surface area contributed by atoms with Gasteiger partial charge in [0.25, 0.3) is 5.91 Å². The molecular weight excluding hydrogens is 442 g/mol. The van der Waals surface area contributed by atoms with Crippen LogP contribution in [0.15, 0.2) is 67.0 Å². The summed E-state index contributed by atoms with van der Waals surface area (Å²) >= 11 is 1.59. The van der Waals surface area contributed by atoms with E-state index >= 15 is 0 Å². The first-order chi connectivity index (χ1) is 15.9. The minimum atomic E-state index is -0.866. The van der Waals surface area contributed by atoms with Gasteiger partial charge in [0.15, 0.2) is 5.78 Å². The van der Waals surface area contributed by atoms with E-state index in [1.807, 2.05) is 30.3 Å². The van der Waals surface area contributed by atoms with Gasteiger partial charge < -0.3 is 4.90 Å². The maximum absolute atomic E-state index is 13.9. The molecule has 1 amide bonds. The van der Waals surface area contributed by atoms with E-state index < -0.39 is 17.4 Å². The van der Waals surface area contributed by atoms with Crippen LogP contribution in [0.1, 0.15) is 31.8 Å².